The monoisotopic (exact) mass is 289 g/mol. The van der Waals surface area contributed by atoms with Gasteiger partial charge in [-0.25, -0.2) is 4.79 Å². The van der Waals surface area contributed by atoms with Crippen molar-refractivity contribution in [1.82, 2.24) is 4.05 Å². The minimum atomic E-state index is -1.57. The summed E-state index contributed by atoms with van der Waals surface area (Å²) in [5, 5.41) is 21.4. The predicted octanol–water partition coefficient (Wildman–Crippen LogP) is 2.30. The molecular formula is C11H12ClNO4S. The Hall–Kier alpha value is -0.790. The lowest BCUT2D eigenvalue weighted by atomic mass is 10.2. The first kappa shape index (κ1) is 13.6. The number of aromatic carboxylic acids is 1. The number of carboxylic acid groups (broad SMARTS) is 1. The largest absolute Gasteiger partial charge is 0.581 e. The molecule has 2 atom stereocenters. The average Bonchev–Trinajstić information content (AvgIpc) is 2.32. The lowest BCUT2D eigenvalue weighted by molar-refractivity contribution is 0.0697. The lowest BCUT2D eigenvalue weighted by Gasteiger charge is -2.42. The van der Waals surface area contributed by atoms with Crippen LogP contribution in [0.15, 0.2) is 18.2 Å². The Labute approximate surface area is 112 Å². The highest BCUT2D eigenvalue weighted by Crippen LogP contribution is 2.37. The molecule has 0 amide bonds. The van der Waals surface area contributed by atoms with Crippen LogP contribution in [-0.4, -0.2) is 27.9 Å². The Balaban J connectivity index is 2.41. The van der Waals surface area contributed by atoms with Gasteiger partial charge in [-0.15, -0.1) is 4.05 Å². The van der Waals surface area contributed by atoms with Crippen LogP contribution in [0.4, 0.5) is 5.69 Å². The first-order chi connectivity index (χ1) is 8.45. The van der Waals surface area contributed by atoms with Crippen molar-refractivity contribution in [2.45, 2.75) is 12.8 Å². The maximum atomic E-state index is 12.6. The smallest absolute Gasteiger partial charge is 0.335 e. The van der Waals surface area contributed by atoms with E-state index in [1.54, 1.807) is 0 Å². The van der Waals surface area contributed by atoms with Gasteiger partial charge in [-0.2, -0.15) is 0 Å². The highest BCUT2D eigenvalue weighted by molar-refractivity contribution is 7.91. The van der Waals surface area contributed by atoms with Crippen LogP contribution in [0.5, 0.6) is 0 Å². The maximum absolute atomic E-state index is 12.6. The molecular weight excluding hydrogens is 278 g/mol. The molecule has 1 saturated heterocycles. The van der Waals surface area contributed by atoms with Crippen LogP contribution >= 0.6 is 11.6 Å². The summed E-state index contributed by atoms with van der Waals surface area (Å²) in [4.78, 5) is 10.8. The van der Waals surface area contributed by atoms with E-state index in [1.807, 2.05) is 0 Å². The molecule has 1 fully saturated rings. The molecule has 1 aliphatic heterocycles. The number of nitrogens with zero attached hydrogens (tertiary/aromatic N) is 1. The van der Waals surface area contributed by atoms with Gasteiger partial charge in [-0.3, -0.25) is 0 Å². The van der Waals surface area contributed by atoms with E-state index in [2.05, 4.69) is 0 Å². The molecule has 1 aromatic rings. The third-order valence-corrected chi connectivity index (χ3v) is 4.89. The van der Waals surface area contributed by atoms with Gasteiger partial charge < -0.3 is 14.9 Å². The van der Waals surface area contributed by atoms with Gasteiger partial charge in [0.2, 0.25) is 0 Å². The van der Waals surface area contributed by atoms with E-state index >= 15 is 0 Å². The van der Waals surface area contributed by atoms with Crippen molar-refractivity contribution in [3.05, 3.63) is 34.0 Å². The third-order valence-electron chi connectivity index (χ3n) is 2.91. The summed E-state index contributed by atoms with van der Waals surface area (Å²) in [6.45, 7) is 0.207. The number of hydrogen-bond acceptors (Lipinski definition) is 3. The van der Waals surface area contributed by atoms with Crippen LogP contribution in [0.25, 0.3) is 0 Å². The Kier molecular flexibility index (Phi) is 3.84. The van der Waals surface area contributed by atoms with Gasteiger partial charge in [0.25, 0.3) is 0 Å². The fourth-order valence-corrected chi connectivity index (χ4v) is 3.77. The molecule has 5 nitrogen and oxygen atoms in total. The molecule has 1 aliphatic rings. The molecule has 0 bridgehead atoms. The lowest BCUT2D eigenvalue weighted by Crippen LogP contribution is -2.53. The summed E-state index contributed by atoms with van der Waals surface area (Å²) < 4.78 is 10.9. The minimum Gasteiger partial charge on any atom is -0.581 e. The van der Waals surface area contributed by atoms with E-state index in [0.29, 0.717) is 12.2 Å². The zero-order valence-corrected chi connectivity index (χ0v) is 11.0. The van der Waals surface area contributed by atoms with E-state index in [1.165, 1.54) is 18.2 Å². The summed E-state index contributed by atoms with van der Waals surface area (Å²) in [7, 11) is 0. The van der Waals surface area contributed by atoms with Gasteiger partial charge in [0.1, 0.15) is 11.6 Å². The number of carboxylic acids is 1. The van der Waals surface area contributed by atoms with Crippen molar-refractivity contribution in [2.75, 3.05) is 12.3 Å². The molecule has 1 N–H and O–H groups in total. The van der Waals surface area contributed by atoms with Crippen LogP contribution < -0.4 is 4.05 Å². The highest BCUT2D eigenvalue weighted by atomic mass is 35.5. The quantitative estimate of drug-likeness (QED) is 0.514. The van der Waals surface area contributed by atoms with Gasteiger partial charge in [0, 0.05) is 18.9 Å². The van der Waals surface area contributed by atoms with E-state index in [9.17, 15) is 14.6 Å². The Morgan fingerprint density at radius 2 is 2.17 bits per heavy atom. The number of halogens is 1. The number of hydroxylamine groups is 1. The second-order valence-electron chi connectivity index (χ2n) is 4.10. The standard InChI is InChI=1S/C11H12ClNO4S/c12-9-7-8(11(14)15)3-4-10(9)13(16)5-1-2-6-18(13)17/h3-4,7H,1-2,5-6H2,(H,14,15). The summed E-state index contributed by atoms with van der Waals surface area (Å²) in [5.41, 5.74) is 0.192. The van der Waals surface area contributed by atoms with Crippen molar-refractivity contribution in [3.8, 4) is 0 Å². The van der Waals surface area contributed by atoms with Crippen molar-refractivity contribution in [1.29, 1.82) is 0 Å². The van der Waals surface area contributed by atoms with Crippen LogP contribution in [0.3, 0.4) is 0 Å². The topological polar surface area (TPSA) is 83.4 Å². The number of benzene rings is 1. The molecule has 0 aliphatic carbocycles. The van der Waals surface area contributed by atoms with E-state index in [4.69, 9.17) is 16.7 Å². The van der Waals surface area contributed by atoms with Crippen LogP contribution in [0.2, 0.25) is 5.02 Å². The van der Waals surface area contributed by atoms with Crippen molar-refractivity contribution < 1.29 is 14.5 Å². The molecule has 2 rings (SSSR count). The van der Waals surface area contributed by atoms with Gasteiger partial charge >= 0.3 is 5.97 Å². The van der Waals surface area contributed by atoms with Crippen LogP contribution in [-0.2, 0) is 11.4 Å². The zero-order chi connectivity index (χ0) is 13.3. The fraction of sp³-hybridized carbons (Fsp3) is 0.364. The molecule has 18 heavy (non-hydrogen) atoms. The second kappa shape index (κ2) is 5.07. The van der Waals surface area contributed by atoms with Gasteiger partial charge in [-0.1, -0.05) is 11.6 Å². The molecule has 0 saturated carbocycles. The highest BCUT2D eigenvalue weighted by Gasteiger charge is 2.39. The molecule has 98 valence electrons. The minimum absolute atomic E-state index is 0.0122. The number of carbonyl (C=O) groups is 1. The Morgan fingerprint density at radius 1 is 1.44 bits per heavy atom. The number of hydrogen-bond donors (Lipinski definition) is 1. The van der Waals surface area contributed by atoms with Crippen molar-refractivity contribution in [2.24, 2.45) is 0 Å². The molecule has 1 heterocycles. The molecule has 1 aromatic carbocycles. The first-order valence-corrected chi connectivity index (χ1v) is 7.12. The van der Waals surface area contributed by atoms with Crippen molar-refractivity contribution >= 4 is 34.6 Å². The third kappa shape index (κ3) is 2.34. The first-order valence-electron chi connectivity index (χ1n) is 5.47. The van der Waals surface area contributed by atoms with Crippen LogP contribution in [0, 0.1) is 5.21 Å². The normalized spacial score (nSPS) is 28.1. The fourth-order valence-electron chi connectivity index (χ4n) is 1.94. The molecule has 0 aromatic heterocycles. The van der Waals surface area contributed by atoms with Gasteiger partial charge in [0.15, 0.2) is 22.8 Å². The van der Waals surface area contributed by atoms with Gasteiger partial charge in [-0.05, 0) is 12.1 Å². The summed E-state index contributed by atoms with van der Waals surface area (Å²) in [5.74, 6) is -0.763. The molecule has 0 radical (unpaired) electrons. The van der Waals surface area contributed by atoms with Gasteiger partial charge in [0.05, 0.1) is 5.56 Å². The maximum Gasteiger partial charge on any atom is 0.335 e. The molecule has 0 spiro atoms. The van der Waals surface area contributed by atoms with Crippen LogP contribution in [0.1, 0.15) is 23.2 Å². The number of quaternary nitrogens is 1. The zero-order valence-electron chi connectivity index (χ0n) is 9.47. The Bertz CT molecular complexity index is 484. The summed E-state index contributed by atoms with van der Waals surface area (Å²) >= 11 is 4.38. The second-order valence-corrected chi connectivity index (χ2v) is 6.15. The molecule has 7 heteroatoms. The van der Waals surface area contributed by atoms with E-state index in [0.717, 1.165) is 6.42 Å². The summed E-state index contributed by atoms with van der Waals surface area (Å²) in [6, 6.07) is 3.90. The molecule has 2 unspecified atom stereocenters. The average molecular weight is 290 g/mol. The van der Waals surface area contributed by atoms with E-state index < -0.39 is 21.4 Å². The predicted molar refractivity (Wildman–Crippen MR) is 70.7 cm³/mol. The van der Waals surface area contributed by atoms with E-state index in [-0.39, 0.29) is 22.8 Å². The van der Waals surface area contributed by atoms with Crippen molar-refractivity contribution in [3.63, 3.8) is 0 Å². The Morgan fingerprint density at radius 3 is 2.72 bits per heavy atom. The number of rotatable bonds is 2. The summed E-state index contributed by atoms with van der Waals surface area (Å²) in [6.07, 6.45) is 1.45. The SMILES string of the molecule is O=C(O)c1ccc([N+]2([O-])CCCC[S+]2[O-])c(Cl)c1.